The van der Waals surface area contributed by atoms with Gasteiger partial charge in [0.1, 0.15) is 0 Å². The molecule has 0 aromatic heterocycles. The third kappa shape index (κ3) is 1.73. The van der Waals surface area contributed by atoms with Gasteiger partial charge in [0.2, 0.25) is 0 Å². The van der Waals surface area contributed by atoms with Gasteiger partial charge in [-0.3, -0.25) is 14.5 Å². The fraction of sp³-hybridized carbons (Fsp3) is 0.0714. The van der Waals surface area contributed by atoms with Gasteiger partial charge in [0, 0.05) is 12.0 Å². The number of nitriles is 1. The van der Waals surface area contributed by atoms with Gasteiger partial charge < -0.3 is 0 Å². The Kier molecular flexibility index (Phi) is 2.83. The summed E-state index contributed by atoms with van der Waals surface area (Å²) in [5, 5.41) is 8.88. The Labute approximate surface area is 109 Å². The van der Waals surface area contributed by atoms with Crippen LogP contribution in [-0.4, -0.2) is 5.78 Å². The van der Waals surface area contributed by atoms with Crippen molar-refractivity contribution in [2.75, 3.05) is 0 Å². The zero-order valence-electron chi connectivity index (χ0n) is 9.56. The molecule has 1 aromatic carbocycles. The maximum Gasteiger partial charge on any atom is 0.266 e. The minimum Gasteiger partial charge on any atom is -0.294 e. The highest BCUT2D eigenvalue weighted by Gasteiger charge is 2.28. The third-order valence-corrected chi connectivity index (χ3v) is 2.82. The number of allylic oxidation sites excluding steroid dienone is 2. The Morgan fingerprint density at radius 2 is 1.74 bits per heavy atom. The van der Waals surface area contributed by atoms with Crippen molar-refractivity contribution >= 4 is 22.7 Å². The standard InChI is InChI=1S/C14H4N4O/c1-16-11-4-8-9(13(7-15)18-3)6-14(19)10(8)5-12(11)17-2/h4-5H,6H2/b13-9-. The predicted octanol–water partition coefficient (Wildman–Crippen LogP) is 3.53. The van der Waals surface area contributed by atoms with Crippen molar-refractivity contribution in [3.05, 3.63) is 63.2 Å². The summed E-state index contributed by atoms with van der Waals surface area (Å²) in [6, 6.07) is 4.54. The summed E-state index contributed by atoms with van der Waals surface area (Å²) in [7, 11) is 0. The van der Waals surface area contributed by atoms with Crippen LogP contribution in [0.1, 0.15) is 22.3 Å². The van der Waals surface area contributed by atoms with Gasteiger partial charge in [-0.25, -0.2) is 10.1 Å². The number of carbonyl (C=O) groups is 1. The molecular formula is C14H4N4O. The second-order valence-electron chi connectivity index (χ2n) is 3.76. The Bertz CT molecular complexity index is 788. The Morgan fingerprint density at radius 3 is 2.21 bits per heavy atom. The van der Waals surface area contributed by atoms with E-state index >= 15 is 0 Å². The van der Waals surface area contributed by atoms with E-state index in [1.165, 1.54) is 12.1 Å². The Hall–Kier alpha value is -3.41. The van der Waals surface area contributed by atoms with Crippen molar-refractivity contribution in [1.29, 1.82) is 5.26 Å². The molecule has 0 bridgehead atoms. The van der Waals surface area contributed by atoms with Crippen LogP contribution in [0.2, 0.25) is 0 Å². The molecule has 0 aliphatic heterocycles. The first-order chi connectivity index (χ1) is 9.15. The molecule has 0 amide bonds. The van der Waals surface area contributed by atoms with Gasteiger partial charge in [-0.2, -0.15) is 0 Å². The van der Waals surface area contributed by atoms with Crippen LogP contribution in [-0.2, 0) is 0 Å². The maximum absolute atomic E-state index is 11.9. The first-order valence-corrected chi connectivity index (χ1v) is 5.13. The molecule has 0 saturated heterocycles. The molecule has 19 heavy (non-hydrogen) atoms. The zero-order chi connectivity index (χ0) is 14.0. The zero-order valence-corrected chi connectivity index (χ0v) is 9.56. The highest BCUT2D eigenvalue weighted by molar-refractivity contribution is 6.14. The maximum atomic E-state index is 11.9. The molecule has 0 spiro atoms. The smallest absolute Gasteiger partial charge is 0.266 e. The van der Waals surface area contributed by atoms with Crippen LogP contribution < -0.4 is 0 Å². The van der Waals surface area contributed by atoms with Crippen LogP contribution in [0.15, 0.2) is 17.8 Å². The number of hydrogen-bond donors (Lipinski definition) is 0. The van der Waals surface area contributed by atoms with Gasteiger partial charge in [0.05, 0.1) is 25.8 Å². The number of nitrogens with zero attached hydrogens (tertiary/aromatic N) is 4. The molecule has 0 atom stereocenters. The first kappa shape index (κ1) is 12.1. The van der Waals surface area contributed by atoms with E-state index in [-0.39, 0.29) is 29.3 Å². The molecule has 2 rings (SSSR count). The number of hydrogen-bond acceptors (Lipinski definition) is 2. The molecule has 1 aromatic rings. The van der Waals surface area contributed by atoms with Crippen molar-refractivity contribution in [3.8, 4) is 6.07 Å². The second-order valence-corrected chi connectivity index (χ2v) is 3.76. The van der Waals surface area contributed by atoms with Crippen molar-refractivity contribution in [2.24, 2.45) is 0 Å². The fourth-order valence-corrected chi connectivity index (χ4v) is 1.96. The molecule has 0 unspecified atom stereocenters. The quantitative estimate of drug-likeness (QED) is 0.517. The van der Waals surface area contributed by atoms with Gasteiger partial charge >= 0.3 is 0 Å². The normalized spacial score (nSPS) is 14.6. The van der Waals surface area contributed by atoms with Crippen molar-refractivity contribution in [2.45, 2.75) is 6.42 Å². The number of fused-ring (bicyclic) bond motifs is 1. The van der Waals surface area contributed by atoms with Crippen molar-refractivity contribution < 1.29 is 4.79 Å². The number of carbonyl (C=O) groups excluding carboxylic acids is 1. The van der Waals surface area contributed by atoms with E-state index in [9.17, 15) is 4.79 Å². The van der Waals surface area contributed by atoms with Crippen LogP contribution in [0.4, 0.5) is 11.4 Å². The van der Waals surface area contributed by atoms with Gasteiger partial charge in [-0.15, -0.1) is 0 Å². The molecule has 5 nitrogen and oxygen atoms in total. The second kappa shape index (κ2) is 4.46. The number of Topliss-reactive ketones (excluding diaryl/α,β-unsaturated/α-hetero) is 1. The summed E-state index contributed by atoms with van der Waals surface area (Å²) in [5.41, 5.74) is 1.19. The van der Waals surface area contributed by atoms with E-state index in [4.69, 9.17) is 25.0 Å². The Balaban J connectivity index is 2.83. The number of benzene rings is 1. The van der Waals surface area contributed by atoms with Crippen molar-refractivity contribution in [1.82, 2.24) is 0 Å². The topological polar surface area (TPSA) is 53.9 Å². The summed E-state index contributed by atoms with van der Waals surface area (Å²) in [6.45, 7) is 20.9. The SMILES string of the molecule is [C-]#[N+]/C(C#N)=C1/CC(=O)c2cc([N+]#[C-])c([N+]#[C-])cc21. The highest BCUT2D eigenvalue weighted by atomic mass is 16.1. The van der Waals surface area contributed by atoms with E-state index in [1.54, 1.807) is 6.07 Å². The lowest BCUT2D eigenvalue weighted by Gasteiger charge is -2.03. The van der Waals surface area contributed by atoms with Gasteiger partial charge in [-0.05, 0) is 11.1 Å². The van der Waals surface area contributed by atoms with Gasteiger partial charge in [0.15, 0.2) is 17.2 Å². The van der Waals surface area contributed by atoms with Gasteiger partial charge in [0.25, 0.3) is 5.70 Å². The summed E-state index contributed by atoms with van der Waals surface area (Å²) < 4.78 is 0. The molecule has 0 radical (unpaired) electrons. The lowest BCUT2D eigenvalue weighted by molar-refractivity contribution is 0.100. The van der Waals surface area contributed by atoms with E-state index in [0.29, 0.717) is 16.7 Å². The fourth-order valence-electron chi connectivity index (χ4n) is 1.96. The molecule has 86 valence electrons. The predicted molar refractivity (Wildman–Crippen MR) is 67.0 cm³/mol. The minimum absolute atomic E-state index is 0.0283. The number of rotatable bonds is 0. The summed E-state index contributed by atoms with van der Waals surface area (Å²) in [6.07, 6.45) is -0.0283. The minimum atomic E-state index is -0.233. The monoisotopic (exact) mass is 244 g/mol. The molecule has 0 saturated carbocycles. The molecule has 5 heteroatoms. The molecule has 1 aliphatic carbocycles. The molecule has 1 aliphatic rings. The average molecular weight is 244 g/mol. The molecule has 0 heterocycles. The van der Waals surface area contributed by atoms with Crippen molar-refractivity contribution in [3.63, 3.8) is 0 Å². The van der Waals surface area contributed by atoms with Crippen LogP contribution in [0.3, 0.4) is 0 Å². The van der Waals surface area contributed by atoms with Crippen LogP contribution in [0.25, 0.3) is 20.1 Å². The molecule has 0 fully saturated rings. The van der Waals surface area contributed by atoms with E-state index in [1.807, 2.05) is 0 Å². The Morgan fingerprint density at radius 1 is 1.16 bits per heavy atom. The average Bonchev–Trinajstić information content (AvgIpc) is 2.75. The van der Waals surface area contributed by atoms with Crippen LogP contribution in [0.5, 0.6) is 0 Å². The van der Waals surface area contributed by atoms with E-state index in [2.05, 4.69) is 14.5 Å². The molecular weight excluding hydrogens is 240 g/mol. The molecule has 0 N–H and O–H groups in total. The largest absolute Gasteiger partial charge is 0.294 e. The van der Waals surface area contributed by atoms with E-state index in [0.717, 1.165) is 0 Å². The lowest BCUT2D eigenvalue weighted by Crippen LogP contribution is -1.89. The highest BCUT2D eigenvalue weighted by Crippen LogP contribution is 2.41. The summed E-state index contributed by atoms with van der Waals surface area (Å²) in [4.78, 5) is 21.4. The summed E-state index contributed by atoms with van der Waals surface area (Å²) >= 11 is 0. The summed E-state index contributed by atoms with van der Waals surface area (Å²) in [5.74, 6) is -0.233. The van der Waals surface area contributed by atoms with Gasteiger partial charge in [-0.1, -0.05) is 12.1 Å². The number of ketones is 1. The van der Waals surface area contributed by atoms with Crippen LogP contribution >= 0.6 is 0 Å². The lowest BCUT2D eigenvalue weighted by atomic mass is 10.0. The first-order valence-electron chi connectivity index (χ1n) is 5.13. The van der Waals surface area contributed by atoms with E-state index < -0.39 is 0 Å². The van der Waals surface area contributed by atoms with Crippen LogP contribution in [0, 0.1) is 31.0 Å². The third-order valence-electron chi connectivity index (χ3n) is 2.82.